The van der Waals surface area contributed by atoms with Gasteiger partial charge in [0, 0.05) is 0 Å². The van der Waals surface area contributed by atoms with Crippen LogP contribution in [0.3, 0.4) is 0 Å². The average molecular weight is 407 g/mol. The molecular formula is C32H22. The summed E-state index contributed by atoms with van der Waals surface area (Å²) in [5, 5.41) is 0. The summed E-state index contributed by atoms with van der Waals surface area (Å²) in [6.45, 7) is 2.20. The van der Waals surface area contributed by atoms with Crippen molar-refractivity contribution in [2.45, 2.75) is 12.3 Å². The maximum absolute atomic E-state index is 2.41. The van der Waals surface area contributed by atoms with Gasteiger partial charge in [0.25, 0.3) is 0 Å². The Balaban J connectivity index is 1.61. The quantitative estimate of drug-likeness (QED) is 0.259. The molecule has 0 heteroatoms. The first-order valence-corrected chi connectivity index (χ1v) is 11.3. The van der Waals surface area contributed by atoms with Crippen molar-refractivity contribution in [3.8, 4) is 33.4 Å². The Bertz CT molecular complexity index is 1490. The lowest BCUT2D eigenvalue weighted by Crippen LogP contribution is -2.25. The molecule has 1 spiro atoms. The van der Waals surface area contributed by atoms with Gasteiger partial charge in [0.05, 0.1) is 5.41 Å². The molecule has 5 aromatic rings. The summed E-state index contributed by atoms with van der Waals surface area (Å²) in [7, 11) is 0. The van der Waals surface area contributed by atoms with Gasteiger partial charge < -0.3 is 0 Å². The molecule has 150 valence electrons. The van der Waals surface area contributed by atoms with Crippen molar-refractivity contribution in [1.29, 1.82) is 0 Å². The summed E-state index contributed by atoms with van der Waals surface area (Å²) < 4.78 is 0. The largest absolute Gasteiger partial charge is 0.0725 e. The topological polar surface area (TPSA) is 0 Å². The second kappa shape index (κ2) is 6.31. The first kappa shape index (κ1) is 17.7. The zero-order valence-electron chi connectivity index (χ0n) is 18.0. The van der Waals surface area contributed by atoms with Gasteiger partial charge in [-0.2, -0.15) is 0 Å². The fourth-order valence-corrected chi connectivity index (χ4v) is 6.16. The van der Waals surface area contributed by atoms with Crippen molar-refractivity contribution in [3.05, 3.63) is 143 Å². The zero-order chi connectivity index (χ0) is 21.3. The monoisotopic (exact) mass is 406 g/mol. The van der Waals surface area contributed by atoms with E-state index >= 15 is 0 Å². The van der Waals surface area contributed by atoms with Crippen LogP contribution in [0.5, 0.6) is 0 Å². The lowest BCUT2D eigenvalue weighted by atomic mass is 9.70. The molecule has 0 amide bonds. The third kappa shape index (κ3) is 2.07. The highest BCUT2D eigenvalue weighted by Gasteiger charge is 2.51. The summed E-state index contributed by atoms with van der Waals surface area (Å²) in [5.41, 5.74) is 14.7. The van der Waals surface area contributed by atoms with Crippen LogP contribution >= 0.6 is 0 Å². The molecule has 2 aliphatic rings. The van der Waals surface area contributed by atoms with Crippen LogP contribution in [0, 0.1) is 6.92 Å². The highest BCUT2D eigenvalue weighted by atomic mass is 14.5. The molecule has 2 aliphatic carbocycles. The first-order chi connectivity index (χ1) is 15.8. The van der Waals surface area contributed by atoms with Crippen molar-refractivity contribution < 1.29 is 0 Å². The maximum Gasteiger partial charge on any atom is 0.0725 e. The summed E-state index contributed by atoms with van der Waals surface area (Å²) in [5.74, 6) is 0. The van der Waals surface area contributed by atoms with Gasteiger partial charge in [0.1, 0.15) is 0 Å². The van der Waals surface area contributed by atoms with E-state index in [1.165, 1.54) is 61.2 Å². The Hall–Kier alpha value is -3.90. The Kier molecular flexibility index (Phi) is 3.50. The van der Waals surface area contributed by atoms with E-state index in [4.69, 9.17) is 0 Å². The number of fused-ring (bicyclic) bond motifs is 10. The van der Waals surface area contributed by atoms with Crippen LogP contribution in [0.4, 0.5) is 0 Å². The molecule has 7 rings (SSSR count). The molecule has 0 atom stereocenters. The van der Waals surface area contributed by atoms with Crippen molar-refractivity contribution in [2.24, 2.45) is 0 Å². The number of rotatable bonds is 1. The van der Waals surface area contributed by atoms with E-state index < -0.39 is 0 Å². The van der Waals surface area contributed by atoms with Crippen LogP contribution in [0.25, 0.3) is 33.4 Å². The first-order valence-electron chi connectivity index (χ1n) is 11.3. The molecule has 0 N–H and O–H groups in total. The summed E-state index contributed by atoms with van der Waals surface area (Å²) in [6, 6.07) is 42.7. The fourth-order valence-electron chi connectivity index (χ4n) is 6.16. The SMILES string of the molecule is Cc1ccccc1-c1ccc2c(c1)-c1ccccc1C21c2ccccc2-c2ccccc21. The Morgan fingerprint density at radius 3 is 1.41 bits per heavy atom. The van der Waals surface area contributed by atoms with Crippen molar-refractivity contribution in [3.63, 3.8) is 0 Å². The summed E-state index contributed by atoms with van der Waals surface area (Å²) in [6.07, 6.45) is 0. The van der Waals surface area contributed by atoms with Crippen molar-refractivity contribution in [1.82, 2.24) is 0 Å². The minimum absolute atomic E-state index is 0.247. The zero-order valence-corrected chi connectivity index (χ0v) is 18.0. The number of hydrogen-bond acceptors (Lipinski definition) is 0. The van der Waals surface area contributed by atoms with Gasteiger partial charge in [-0.1, -0.05) is 109 Å². The van der Waals surface area contributed by atoms with Crippen molar-refractivity contribution in [2.75, 3.05) is 0 Å². The molecule has 0 radical (unpaired) electrons. The Morgan fingerprint density at radius 1 is 0.406 bits per heavy atom. The molecule has 0 saturated heterocycles. The fraction of sp³-hybridized carbons (Fsp3) is 0.0625. The van der Waals surface area contributed by atoms with Gasteiger partial charge in [0.2, 0.25) is 0 Å². The van der Waals surface area contributed by atoms with E-state index in [-0.39, 0.29) is 5.41 Å². The highest BCUT2D eigenvalue weighted by Crippen LogP contribution is 2.62. The van der Waals surface area contributed by atoms with E-state index in [2.05, 4.69) is 122 Å². The van der Waals surface area contributed by atoms with Gasteiger partial charge in [-0.25, -0.2) is 0 Å². The average Bonchev–Trinajstić information content (AvgIpc) is 3.31. The Labute approximate surface area is 188 Å². The van der Waals surface area contributed by atoms with Gasteiger partial charge in [0.15, 0.2) is 0 Å². The van der Waals surface area contributed by atoms with Gasteiger partial charge in [-0.15, -0.1) is 0 Å². The number of aryl methyl sites for hydroxylation is 1. The maximum atomic E-state index is 2.41. The predicted molar refractivity (Wildman–Crippen MR) is 133 cm³/mol. The van der Waals surface area contributed by atoms with Gasteiger partial charge in [-0.3, -0.25) is 0 Å². The molecule has 0 nitrogen and oxygen atoms in total. The predicted octanol–water partition coefficient (Wildman–Crippen LogP) is 8.01. The van der Waals surface area contributed by atoms with Crippen LogP contribution in [-0.4, -0.2) is 0 Å². The molecule has 0 aliphatic heterocycles. The molecule has 0 heterocycles. The molecule has 32 heavy (non-hydrogen) atoms. The molecule has 0 fully saturated rings. The number of hydrogen-bond donors (Lipinski definition) is 0. The lowest BCUT2D eigenvalue weighted by Gasteiger charge is -2.30. The second-order valence-electron chi connectivity index (χ2n) is 8.96. The van der Waals surface area contributed by atoms with Crippen LogP contribution in [0.2, 0.25) is 0 Å². The second-order valence-corrected chi connectivity index (χ2v) is 8.96. The molecule has 5 aromatic carbocycles. The molecule has 0 unspecified atom stereocenters. The minimum Gasteiger partial charge on any atom is -0.0620 e. The molecule has 0 aromatic heterocycles. The smallest absolute Gasteiger partial charge is 0.0620 e. The summed E-state index contributed by atoms with van der Waals surface area (Å²) >= 11 is 0. The lowest BCUT2D eigenvalue weighted by molar-refractivity contribution is 0.794. The Morgan fingerprint density at radius 2 is 0.844 bits per heavy atom. The summed E-state index contributed by atoms with van der Waals surface area (Å²) in [4.78, 5) is 0. The van der Waals surface area contributed by atoms with E-state index in [1.807, 2.05) is 0 Å². The van der Waals surface area contributed by atoms with Crippen molar-refractivity contribution >= 4 is 0 Å². The van der Waals surface area contributed by atoms with Crippen LogP contribution in [-0.2, 0) is 5.41 Å². The van der Waals surface area contributed by atoms with E-state index in [9.17, 15) is 0 Å². The van der Waals surface area contributed by atoms with Crippen LogP contribution in [0.1, 0.15) is 27.8 Å². The van der Waals surface area contributed by atoms with E-state index in [0.717, 1.165) is 0 Å². The van der Waals surface area contributed by atoms with E-state index in [0.29, 0.717) is 0 Å². The molecular weight excluding hydrogens is 384 g/mol. The molecule has 0 bridgehead atoms. The molecule has 0 saturated carbocycles. The normalized spacial score (nSPS) is 14.0. The third-order valence-corrected chi connectivity index (χ3v) is 7.45. The number of benzene rings is 5. The minimum atomic E-state index is -0.247. The third-order valence-electron chi connectivity index (χ3n) is 7.45. The van der Waals surface area contributed by atoms with Crippen LogP contribution in [0.15, 0.2) is 115 Å². The van der Waals surface area contributed by atoms with E-state index in [1.54, 1.807) is 0 Å². The van der Waals surface area contributed by atoms with Gasteiger partial charge >= 0.3 is 0 Å². The highest BCUT2D eigenvalue weighted by molar-refractivity contribution is 5.96. The standard InChI is InChI=1S/C32H22/c1-21-10-2-3-11-23(21)22-18-19-31-27(20-22)26-14-6-9-17-30(26)32(31)28-15-7-4-12-24(28)25-13-5-8-16-29(25)32/h2-20H,1H3. The van der Waals surface area contributed by atoms with Crippen LogP contribution < -0.4 is 0 Å². The van der Waals surface area contributed by atoms with Gasteiger partial charge in [-0.05, 0) is 74.2 Å².